The van der Waals surface area contributed by atoms with Crippen LogP contribution >= 0.6 is 7.82 Å². The quantitative estimate of drug-likeness (QED) is 0.0235. The maximum absolute atomic E-state index is 12.7. The van der Waals surface area contributed by atoms with Gasteiger partial charge in [0.1, 0.15) is 6.61 Å². The van der Waals surface area contributed by atoms with Crippen molar-refractivity contribution in [2.75, 3.05) is 40.0 Å². The lowest BCUT2D eigenvalue weighted by Gasteiger charge is -2.20. The lowest BCUT2D eigenvalue weighted by Crippen LogP contribution is -2.34. The number of esters is 2. The zero-order valence-electron chi connectivity index (χ0n) is 35.9. The Morgan fingerprint density at radius 1 is 0.589 bits per heavy atom. The minimum atomic E-state index is -4.52. The van der Waals surface area contributed by atoms with Crippen molar-refractivity contribution < 1.29 is 42.4 Å². The topological polar surface area (TPSA) is 149 Å². The Bertz CT molecular complexity index is 1040. The van der Waals surface area contributed by atoms with Crippen LogP contribution in [0.4, 0.5) is 0 Å². The zero-order valence-corrected chi connectivity index (χ0v) is 36.8. The number of hydrogen-bond acceptors (Lipinski definition) is 9. The second-order valence-corrected chi connectivity index (χ2v) is 16.4. The highest BCUT2D eigenvalue weighted by atomic mass is 31.2. The molecule has 0 aliphatic heterocycles. The fourth-order valence-electron chi connectivity index (χ4n) is 6.09. The molecule has 0 spiro atoms. The Morgan fingerprint density at radius 3 is 1.48 bits per heavy atom. The number of amides is 1. The number of nitrogens with one attached hydrogen (secondary N) is 2. The van der Waals surface area contributed by atoms with Crippen molar-refractivity contribution in [2.24, 2.45) is 0 Å². The van der Waals surface area contributed by atoms with E-state index in [1.165, 1.54) is 83.5 Å². The average Bonchev–Trinajstić information content (AvgIpc) is 3.17. The summed E-state index contributed by atoms with van der Waals surface area (Å²) in [5.41, 5.74) is 0. The fourth-order valence-corrected chi connectivity index (χ4v) is 6.84. The molecule has 0 aromatic rings. The van der Waals surface area contributed by atoms with Crippen LogP contribution in [0, 0.1) is 0 Å². The highest BCUT2D eigenvalue weighted by Gasteiger charge is 2.26. The molecular weight excluding hydrogens is 731 g/mol. The third-order valence-electron chi connectivity index (χ3n) is 9.45. The van der Waals surface area contributed by atoms with E-state index in [-0.39, 0.29) is 45.1 Å². The molecule has 0 aromatic carbocycles. The number of ether oxygens (including phenoxy) is 2. The molecule has 0 aromatic heterocycles. The molecule has 0 aliphatic rings. The summed E-state index contributed by atoms with van der Waals surface area (Å²) in [4.78, 5) is 46.8. The van der Waals surface area contributed by atoms with Gasteiger partial charge in [-0.1, -0.05) is 141 Å². The van der Waals surface area contributed by atoms with Crippen molar-refractivity contribution in [1.82, 2.24) is 10.6 Å². The lowest BCUT2D eigenvalue weighted by atomic mass is 10.1. The number of phosphoric ester groups is 1. The molecule has 1 amide bonds. The third kappa shape index (κ3) is 40.2. The van der Waals surface area contributed by atoms with Crippen LogP contribution in [0.3, 0.4) is 0 Å². The fraction of sp³-hybridized carbons (Fsp3) is 0.841. The SMILES string of the molecule is CCCCCCCC/C=C\CCCCCCCC(=O)OC[C@H](COP(=O)(O)OCCNC(=O)CNC)OC(=O)CCCCCCC/C=C\CCCCCCCC. The van der Waals surface area contributed by atoms with Gasteiger partial charge in [0.2, 0.25) is 5.91 Å². The van der Waals surface area contributed by atoms with E-state index >= 15 is 0 Å². The number of rotatable bonds is 42. The predicted octanol–water partition coefficient (Wildman–Crippen LogP) is 11.0. The standard InChI is InChI=1S/C44H83N2O9P/c1-4-6-8-10-12-14-16-18-20-22-24-26-28-30-32-34-43(48)52-39-41(40-54-56(50,51)53-37-36-46-42(47)38-45-3)55-44(49)35-33-31-29-27-25-23-21-19-17-15-13-11-9-7-5-2/h18-21,41,45H,4-17,22-40H2,1-3H3,(H,46,47)(H,50,51)/b20-18-,21-19-/t41-/m1/s1. The molecule has 0 saturated carbocycles. The summed E-state index contributed by atoms with van der Waals surface area (Å²) in [6.45, 7) is 3.57. The van der Waals surface area contributed by atoms with Crippen molar-refractivity contribution in [3.8, 4) is 0 Å². The number of unbranched alkanes of at least 4 members (excludes halogenated alkanes) is 22. The Labute approximate surface area is 341 Å². The molecule has 56 heavy (non-hydrogen) atoms. The van der Waals surface area contributed by atoms with Crippen molar-refractivity contribution in [2.45, 2.75) is 200 Å². The number of carbonyl (C=O) groups excluding carboxylic acids is 3. The van der Waals surface area contributed by atoms with Crippen LogP contribution in [0.2, 0.25) is 0 Å². The first-order valence-electron chi connectivity index (χ1n) is 22.4. The van der Waals surface area contributed by atoms with Gasteiger partial charge >= 0.3 is 19.8 Å². The molecule has 2 atom stereocenters. The first-order chi connectivity index (χ1) is 27.2. The summed E-state index contributed by atoms with van der Waals surface area (Å²) in [6, 6.07) is 0. The predicted molar refractivity (Wildman–Crippen MR) is 228 cm³/mol. The van der Waals surface area contributed by atoms with Crippen LogP contribution in [-0.4, -0.2) is 68.8 Å². The zero-order chi connectivity index (χ0) is 41.2. The van der Waals surface area contributed by atoms with E-state index in [4.69, 9.17) is 18.5 Å². The van der Waals surface area contributed by atoms with E-state index < -0.39 is 32.5 Å². The van der Waals surface area contributed by atoms with Crippen LogP contribution in [0.1, 0.15) is 194 Å². The number of allylic oxidation sites excluding steroid dienone is 4. The summed E-state index contributed by atoms with van der Waals surface area (Å²) in [7, 11) is -2.89. The number of carbonyl (C=O) groups is 3. The molecule has 0 aliphatic carbocycles. The van der Waals surface area contributed by atoms with Crippen LogP contribution in [0.25, 0.3) is 0 Å². The largest absolute Gasteiger partial charge is 0.472 e. The Morgan fingerprint density at radius 2 is 1.02 bits per heavy atom. The van der Waals surface area contributed by atoms with Gasteiger partial charge in [0.05, 0.1) is 19.8 Å². The smallest absolute Gasteiger partial charge is 0.462 e. The van der Waals surface area contributed by atoms with E-state index in [1.807, 2.05) is 0 Å². The van der Waals surface area contributed by atoms with E-state index in [0.717, 1.165) is 70.6 Å². The summed E-state index contributed by atoms with van der Waals surface area (Å²) in [6.07, 6.45) is 38.7. The van der Waals surface area contributed by atoms with Gasteiger partial charge in [0.25, 0.3) is 0 Å². The van der Waals surface area contributed by atoms with Gasteiger partial charge in [-0.3, -0.25) is 23.4 Å². The van der Waals surface area contributed by atoms with Gasteiger partial charge in [-0.25, -0.2) is 4.57 Å². The van der Waals surface area contributed by atoms with E-state index in [0.29, 0.717) is 12.8 Å². The minimum Gasteiger partial charge on any atom is -0.462 e. The molecule has 0 rings (SSSR count). The second kappa shape index (κ2) is 41.1. The minimum absolute atomic E-state index is 0.0107. The van der Waals surface area contributed by atoms with E-state index in [2.05, 4.69) is 48.8 Å². The maximum atomic E-state index is 12.7. The molecule has 0 bridgehead atoms. The molecule has 0 radical (unpaired) electrons. The van der Waals surface area contributed by atoms with Crippen LogP contribution in [0.15, 0.2) is 24.3 Å². The molecule has 11 nitrogen and oxygen atoms in total. The Hall–Kier alpha value is -2.04. The van der Waals surface area contributed by atoms with Crippen molar-refractivity contribution in [3.05, 3.63) is 24.3 Å². The Balaban J connectivity index is 4.45. The monoisotopic (exact) mass is 815 g/mol. The summed E-state index contributed by atoms with van der Waals surface area (Å²) in [5, 5.41) is 5.24. The van der Waals surface area contributed by atoms with Crippen LogP contribution in [-0.2, 0) is 37.5 Å². The molecule has 3 N–H and O–H groups in total. The summed E-state index contributed by atoms with van der Waals surface area (Å²) >= 11 is 0. The van der Waals surface area contributed by atoms with Crippen molar-refractivity contribution in [3.63, 3.8) is 0 Å². The van der Waals surface area contributed by atoms with Crippen LogP contribution in [0.5, 0.6) is 0 Å². The number of likely N-dealkylation sites (N-methyl/N-ethyl adjacent to an activating group) is 1. The average molecular weight is 815 g/mol. The van der Waals surface area contributed by atoms with Gasteiger partial charge in [-0.05, 0) is 71.3 Å². The highest BCUT2D eigenvalue weighted by Crippen LogP contribution is 2.43. The molecule has 12 heteroatoms. The molecule has 1 unspecified atom stereocenters. The van der Waals surface area contributed by atoms with Gasteiger partial charge in [-0.2, -0.15) is 0 Å². The number of hydrogen-bond donors (Lipinski definition) is 3. The maximum Gasteiger partial charge on any atom is 0.472 e. The van der Waals surface area contributed by atoms with Crippen molar-refractivity contribution >= 4 is 25.7 Å². The summed E-state index contributed by atoms with van der Waals surface area (Å²) < 4.78 is 33.4. The van der Waals surface area contributed by atoms with Gasteiger partial charge < -0.3 is 25.0 Å². The Kier molecular flexibility index (Phi) is 39.6. The molecule has 0 fully saturated rings. The normalized spacial score (nSPS) is 13.3. The molecule has 0 heterocycles. The lowest BCUT2D eigenvalue weighted by molar-refractivity contribution is -0.161. The van der Waals surface area contributed by atoms with Gasteiger partial charge in [0, 0.05) is 19.4 Å². The van der Waals surface area contributed by atoms with E-state index in [1.54, 1.807) is 7.05 Å². The molecular formula is C44H83N2O9P. The third-order valence-corrected chi connectivity index (χ3v) is 10.4. The van der Waals surface area contributed by atoms with Gasteiger partial charge in [0.15, 0.2) is 6.10 Å². The van der Waals surface area contributed by atoms with E-state index in [9.17, 15) is 23.8 Å². The first kappa shape index (κ1) is 54.0. The first-order valence-corrected chi connectivity index (χ1v) is 23.9. The number of phosphoric acid groups is 1. The van der Waals surface area contributed by atoms with Gasteiger partial charge in [-0.15, -0.1) is 0 Å². The van der Waals surface area contributed by atoms with Crippen molar-refractivity contribution in [1.29, 1.82) is 0 Å². The second-order valence-electron chi connectivity index (χ2n) is 14.9. The summed E-state index contributed by atoms with van der Waals surface area (Å²) in [5.74, 6) is -1.18. The van der Waals surface area contributed by atoms with Crippen LogP contribution < -0.4 is 10.6 Å². The highest BCUT2D eigenvalue weighted by molar-refractivity contribution is 7.47. The molecule has 0 saturated heterocycles. The molecule has 328 valence electrons.